The number of fused-ring (bicyclic) bond motifs is 1. The second-order valence-corrected chi connectivity index (χ2v) is 12.6. The monoisotopic (exact) mass is 573 g/mol. The van der Waals surface area contributed by atoms with Crippen molar-refractivity contribution < 1.29 is 14.6 Å². The fourth-order valence-electron chi connectivity index (χ4n) is 7.18. The minimum Gasteiger partial charge on any atom is -0.439 e. The van der Waals surface area contributed by atoms with Crippen LogP contribution in [0.3, 0.4) is 0 Å². The number of carbonyl (C=O) groups is 1. The number of hydrogen-bond donors (Lipinski definition) is 2. The Bertz CT molecular complexity index is 1200. The Labute approximate surface area is 250 Å². The topological polar surface area (TPSA) is 90.3 Å². The van der Waals surface area contributed by atoms with Crippen molar-refractivity contribution in [3.8, 4) is 11.6 Å². The van der Waals surface area contributed by atoms with Crippen molar-refractivity contribution in [1.29, 1.82) is 0 Å². The average Bonchev–Trinajstić information content (AvgIpc) is 3.85. The largest absolute Gasteiger partial charge is 0.439 e. The van der Waals surface area contributed by atoms with E-state index < -0.39 is 0 Å². The van der Waals surface area contributed by atoms with Crippen LogP contribution >= 0.6 is 0 Å². The Morgan fingerprint density at radius 3 is 2.50 bits per heavy atom. The van der Waals surface area contributed by atoms with E-state index >= 15 is 0 Å². The van der Waals surface area contributed by atoms with Crippen LogP contribution in [0, 0.1) is 5.92 Å². The van der Waals surface area contributed by atoms with Crippen molar-refractivity contribution >= 4 is 17.6 Å². The third kappa shape index (κ3) is 7.25. The molecule has 0 unspecified atom stereocenters. The first-order valence-corrected chi connectivity index (χ1v) is 16.4. The fraction of sp³-hybridized carbons (Fsp3) is 0.618. The molecule has 3 saturated carbocycles. The highest BCUT2D eigenvalue weighted by Crippen LogP contribution is 2.37. The van der Waals surface area contributed by atoms with Gasteiger partial charge in [0.25, 0.3) is 0 Å². The number of nitrogens with one attached hydrogen (secondary N) is 1. The summed E-state index contributed by atoms with van der Waals surface area (Å²) >= 11 is 0. The number of aliphatic hydroxyl groups excluding tert-OH is 1. The van der Waals surface area contributed by atoms with Crippen molar-refractivity contribution in [3.63, 3.8) is 0 Å². The second kappa shape index (κ2) is 13.9. The molecule has 0 radical (unpaired) electrons. The van der Waals surface area contributed by atoms with E-state index in [0.717, 1.165) is 61.6 Å². The number of pyridine rings is 1. The van der Waals surface area contributed by atoms with Crippen molar-refractivity contribution in [2.24, 2.45) is 10.9 Å². The van der Waals surface area contributed by atoms with Gasteiger partial charge in [0.15, 0.2) is 5.96 Å². The first-order chi connectivity index (χ1) is 20.7. The van der Waals surface area contributed by atoms with Crippen LogP contribution in [0.2, 0.25) is 0 Å². The molecule has 1 aliphatic heterocycles. The van der Waals surface area contributed by atoms with E-state index in [-0.39, 0.29) is 24.6 Å². The summed E-state index contributed by atoms with van der Waals surface area (Å²) in [5.41, 5.74) is 2.12. The molecule has 4 aliphatic rings. The number of carbonyl (C=O) groups excluding carboxylic acids is 1. The van der Waals surface area contributed by atoms with E-state index in [1.807, 2.05) is 47.5 Å². The highest BCUT2D eigenvalue weighted by molar-refractivity contribution is 5.96. The maximum absolute atomic E-state index is 13.7. The quantitative estimate of drug-likeness (QED) is 0.319. The number of aliphatic imine (C=N–C) groups is 1. The molecule has 1 atom stereocenters. The molecule has 226 valence electrons. The number of anilines is 1. The van der Waals surface area contributed by atoms with Gasteiger partial charge in [0.1, 0.15) is 5.75 Å². The van der Waals surface area contributed by atoms with Gasteiger partial charge in [0, 0.05) is 43.2 Å². The molecule has 2 aromatic rings. The van der Waals surface area contributed by atoms with Crippen LogP contribution in [-0.2, 0) is 11.3 Å². The van der Waals surface area contributed by atoms with Crippen LogP contribution in [0.4, 0.5) is 5.69 Å². The molecule has 1 amide bonds. The van der Waals surface area contributed by atoms with Gasteiger partial charge in [-0.15, -0.1) is 0 Å². The zero-order valence-electron chi connectivity index (χ0n) is 24.9. The van der Waals surface area contributed by atoms with Crippen molar-refractivity contribution in [2.75, 3.05) is 18.5 Å². The maximum Gasteiger partial charge on any atom is 0.222 e. The molecule has 0 spiro atoms. The Hall–Kier alpha value is -3.13. The van der Waals surface area contributed by atoms with Crippen molar-refractivity contribution in [1.82, 2.24) is 14.8 Å². The number of aliphatic hydroxyl groups is 1. The smallest absolute Gasteiger partial charge is 0.222 e. The number of hydrogen-bond acceptors (Lipinski definition) is 5. The molecule has 1 aromatic heterocycles. The van der Waals surface area contributed by atoms with Gasteiger partial charge in [0.05, 0.1) is 24.5 Å². The van der Waals surface area contributed by atoms with E-state index in [0.29, 0.717) is 30.8 Å². The first kappa shape index (κ1) is 29.0. The lowest BCUT2D eigenvalue weighted by atomic mass is 9.81. The van der Waals surface area contributed by atoms with Crippen LogP contribution in [0.15, 0.2) is 47.6 Å². The van der Waals surface area contributed by atoms with Gasteiger partial charge < -0.3 is 25.0 Å². The Morgan fingerprint density at radius 2 is 1.79 bits per heavy atom. The minimum absolute atomic E-state index is 0.0285. The highest BCUT2D eigenvalue weighted by Gasteiger charge is 2.36. The van der Waals surface area contributed by atoms with Crippen molar-refractivity contribution in [3.05, 3.63) is 48.2 Å². The highest BCUT2D eigenvalue weighted by atomic mass is 16.5. The molecule has 3 aliphatic carbocycles. The standard InChI is InChI=1S/C34H47N5O3/c40-21-20-38(28-12-6-2-7-13-28)33(41)19-18-31(25-10-4-1-5-11-25)39-24-26-22-32(42-29-14-8-3-9-15-29)35-23-30(26)37-34(39)36-27-16-17-27/h3,8-9,14-15,22-23,25,27-28,31,40H,1-2,4-7,10-13,16-21,24H2,(H,36,37)/t31-/m0/s1. The SMILES string of the molecule is O=C(CC[C@@H](C1CCCCC1)N1Cc2cc(Oc3ccccc3)ncc2NC1=NC1CC1)N(CCO)C1CCCCC1. The van der Waals surface area contributed by atoms with Gasteiger partial charge in [-0.25, -0.2) is 9.98 Å². The van der Waals surface area contributed by atoms with Gasteiger partial charge in [-0.3, -0.25) is 4.79 Å². The lowest BCUT2D eigenvalue weighted by Crippen LogP contribution is -2.50. The summed E-state index contributed by atoms with van der Waals surface area (Å²) in [6.45, 7) is 1.20. The Kier molecular flexibility index (Phi) is 9.58. The second-order valence-electron chi connectivity index (χ2n) is 12.6. The maximum atomic E-state index is 13.7. The number of aromatic nitrogens is 1. The van der Waals surface area contributed by atoms with E-state index in [1.165, 1.54) is 51.4 Å². The summed E-state index contributed by atoms with van der Waals surface area (Å²) < 4.78 is 6.09. The summed E-state index contributed by atoms with van der Waals surface area (Å²) in [6, 6.07) is 12.7. The van der Waals surface area contributed by atoms with Crippen LogP contribution in [0.1, 0.15) is 95.5 Å². The molecular weight excluding hydrogens is 526 g/mol. The van der Waals surface area contributed by atoms with E-state index in [2.05, 4.69) is 15.2 Å². The summed E-state index contributed by atoms with van der Waals surface area (Å²) in [4.78, 5) is 27.9. The molecule has 2 N–H and O–H groups in total. The van der Waals surface area contributed by atoms with E-state index in [1.54, 1.807) is 0 Å². The molecule has 42 heavy (non-hydrogen) atoms. The van der Waals surface area contributed by atoms with Gasteiger partial charge in [-0.2, -0.15) is 0 Å². The summed E-state index contributed by atoms with van der Waals surface area (Å²) in [5.74, 6) is 3.02. The lowest BCUT2D eigenvalue weighted by Gasteiger charge is -2.43. The number of ether oxygens (including phenoxy) is 1. The number of nitrogens with zero attached hydrogens (tertiary/aromatic N) is 4. The van der Waals surface area contributed by atoms with Crippen LogP contribution < -0.4 is 10.1 Å². The van der Waals surface area contributed by atoms with Gasteiger partial charge in [-0.1, -0.05) is 56.7 Å². The number of para-hydroxylation sites is 1. The number of guanidine groups is 1. The molecule has 8 nitrogen and oxygen atoms in total. The van der Waals surface area contributed by atoms with Gasteiger partial charge in [-0.05, 0) is 63.0 Å². The molecular formula is C34H47N5O3. The molecule has 0 bridgehead atoms. The lowest BCUT2D eigenvalue weighted by molar-refractivity contribution is -0.135. The number of benzene rings is 1. The predicted octanol–water partition coefficient (Wildman–Crippen LogP) is 6.50. The summed E-state index contributed by atoms with van der Waals surface area (Å²) in [5, 5.41) is 13.4. The summed E-state index contributed by atoms with van der Waals surface area (Å²) in [6.07, 6.45) is 17.4. The average molecular weight is 574 g/mol. The van der Waals surface area contributed by atoms with Crippen LogP contribution in [0.5, 0.6) is 11.6 Å². The van der Waals surface area contributed by atoms with Crippen LogP contribution in [0.25, 0.3) is 0 Å². The Morgan fingerprint density at radius 1 is 1.05 bits per heavy atom. The zero-order chi connectivity index (χ0) is 28.7. The van der Waals surface area contributed by atoms with Crippen molar-refractivity contribution in [2.45, 2.75) is 115 Å². The fourth-order valence-corrected chi connectivity index (χ4v) is 7.18. The third-order valence-electron chi connectivity index (χ3n) is 9.57. The Balaban J connectivity index is 1.24. The molecule has 6 rings (SSSR count). The number of amides is 1. The predicted molar refractivity (Wildman–Crippen MR) is 166 cm³/mol. The number of rotatable bonds is 11. The third-order valence-corrected chi connectivity index (χ3v) is 9.57. The van der Waals surface area contributed by atoms with Gasteiger partial charge >= 0.3 is 0 Å². The molecule has 8 heteroatoms. The van der Waals surface area contributed by atoms with Gasteiger partial charge in [0.2, 0.25) is 11.8 Å². The molecule has 2 heterocycles. The minimum atomic E-state index is 0.0285. The molecule has 3 fully saturated rings. The van der Waals surface area contributed by atoms with E-state index in [4.69, 9.17) is 9.73 Å². The van der Waals surface area contributed by atoms with E-state index in [9.17, 15) is 9.90 Å². The first-order valence-electron chi connectivity index (χ1n) is 16.4. The normalized spacial score (nSPS) is 21.5. The zero-order valence-corrected chi connectivity index (χ0v) is 24.9. The molecule has 0 saturated heterocycles. The molecule has 1 aromatic carbocycles. The van der Waals surface area contributed by atoms with Crippen LogP contribution in [-0.4, -0.2) is 63.0 Å². The summed E-state index contributed by atoms with van der Waals surface area (Å²) in [7, 11) is 0.